The van der Waals surface area contributed by atoms with E-state index in [2.05, 4.69) is 5.32 Å². The first-order valence-electron chi connectivity index (χ1n) is 4.75. The van der Waals surface area contributed by atoms with Crippen molar-refractivity contribution in [2.75, 3.05) is 13.1 Å². The van der Waals surface area contributed by atoms with Crippen LogP contribution in [0.25, 0.3) is 0 Å². The molecule has 0 aromatic rings. The highest BCUT2D eigenvalue weighted by molar-refractivity contribution is 4.83. The first-order valence-corrected chi connectivity index (χ1v) is 4.75. The van der Waals surface area contributed by atoms with Crippen LogP contribution in [0.15, 0.2) is 0 Å². The van der Waals surface area contributed by atoms with Crippen LogP contribution in [0.3, 0.4) is 0 Å². The van der Waals surface area contributed by atoms with E-state index >= 15 is 0 Å². The van der Waals surface area contributed by atoms with Crippen LogP contribution < -0.4 is 5.32 Å². The van der Waals surface area contributed by atoms with Crippen molar-refractivity contribution in [3.8, 4) is 0 Å². The number of piperidine rings is 1. The number of aliphatic hydroxyl groups excluding tert-OH is 1. The number of nitrogens with one attached hydrogen (secondary N) is 1. The zero-order valence-electron chi connectivity index (χ0n) is 6.92. The molecule has 0 radical (unpaired) electrons. The third-order valence-corrected chi connectivity index (χ3v) is 2.92. The monoisotopic (exact) mass is 155 g/mol. The van der Waals surface area contributed by atoms with E-state index in [0.29, 0.717) is 5.92 Å². The number of aliphatic hydroxyl groups is 1. The molecular weight excluding hydrogens is 138 g/mol. The van der Waals surface area contributed by atoms with Crippen molar-refractivity contribution in [3.05, 3.63) is 0 Å². The van der Waals surface area contributed by atoms with E-state index in [1.54, 1.807) is 0 Å². The molecule has 0 bridgehead atoms. The van der Waals surface area contributed by atoms with Gasteiger partial charge in [0.1, 0.15) is 0 Å². The molecule has 2 unspecified atom stereocenters. The predicted octanol–water partition coefficient (Wildman–Crippen LogP) is 0.757. The Hall–Kier alpha value is -0.0800. The Balaban J connectivity index is 1.78. The maximum Gasteiger partial charge on any atom is 0.0693 e. The highest BCUT2D eigenvalue weighted by atomic mass is 16.3. The van der Waals surface area contributed by atoms with E-state index in [9.17, 15) is 5.11 Å². The molecule has 2 nitrogen and oxygen atoms in total. The molecule has 2 fully saturated rings. The van der Waals surface area contributed by atoms with Gasteiger partial charge in [0.2, 0.25) is 0 Å². The largest absolute Gasteiger partial charge is 0.392 e. The molecule has 2 aliphatic rings. The van der Waals surface area contributed by atoms with Crippen LogP contribution >= 0.6 is 0 Å². The van der Waals surface area contributed by atoms with Crippen molar-refractivity contribution in [2.45, 2.75) is 31.8 Å². The third kappa shape index (κ3) is 1.94. The van der Waals surface area contributed by atoms with Crippen LogP contribution in [-0.4, -0.2) is 24.3 Å². The molecular formula is C9H17NO. The summed E-state index contributed by atoms with van der Waals surface area (Å²) >= 11 is 0. The van der Waals surface area contributed by atoms with Crippen molar-refractivity contribution in [3.63, 3.8) is 0 Å². The zero-order valence-corrected chi connectivity index (χ0v) is 6.92. The standard InChI is InChI=1S/C9H17NO/c11-9-6-10-4-3-8(9)5-7-1-2-7/h7-11H,1-6H2. The second kappa shape index (κ2) is 3.11. The summed E-state index contributed by atoms with van der Waals surface area (Å²) in [6.45, 7) is 1.92. The fourth-order valence-electron chi connectivity index (χ4n) is 1.95. The Labute approximate surface area is 68.0 Å². The fraction of sp³-hybridized carbons (Fsp3) is 1.00. The quantitative estimate of drug-likeness (QED) is 0.617. The molecule has 1 saturated carbocycles. The Morgan fingerprint density at radius 3 is 2.73 bits per heavy atom. The number of hydrogen-bond donors (Lipinski definition) is 2. The number of β-amino-alcohol motifs (C(OH)–C–C–N with tert-alkyl or cyclic N) is 1. The Morgan fingerprint density at radius 2 is 2.09 bits per heavy atom. The molecule has 2 rings (SSSR count). The molecule has 0 spiro atoms. The van der Waals surface area contributed by atoms with Crippen LogP contribution in [0.4, 0.5) is 0 Å². The Morgan fingerprint density at radius 1 is 1.27 bits per heavy atom. The lowest BCUT2D eigenvalue weighted by atomic mass is 9.90. The molecule has 0 aromatic carbocycles. The van der Waals surface area contributed by atoms with Crippen LogP contribution in [0.2, 0.25) is 0 Å². The SMILES string of the molecule is OC1CNCCC1CC1CC1. The summed E-state index contributed by atoms with van der Waals surface area (Å²) in [7, 11) is 0. The molecule has 1 saturated heterocycles. The lowest BCUT2D eigenvalue weighted by Crippen LogP contribution is -2.40. The van der Waals surface area contributed by atoms with Crippen molar-refractivity contribution in [1.82, 2.24) is 5.32 Å². The second-order valence-electron chi connectivity index (χ2n) is 4.00. The van der Waals surface area contributed by atoms with Gasteiger partial charge in [0, 0.05) is 6.54 Å². The normalized spacial score (nSPS) is 39.0. The minimum absolute atomic E-state index is 0.0654. The third-order valence-electron chi connectivity index (χ3n) is 2.92. The van der Waals surface area contributed by atoms with Crippen molar-refractivity contribution in [1.29, 1.82) is 0 Å². The zero-order chi connectivity index (χ0) is 7.68. The number of hydrogen-bond acceptors (Lipinski definition) is 2. The summed E-state index contributed by atoms with van der Waals surface area (Å²) < 4.78 is 0. The maximum atomic E-state index is 9.58. The average molecular weight is 155 g/mol. The fourth-order valence-corrected chi connectivity index (χ4v) is 1.95. The van der Waals surface area contributed by atoms with Crippen LogP contribution in [0, 0.1) is 11.8 Å². The molecule has 2 N–H and O–H groups in total. The summed E-state index contributed by atoms with van der Waals surface area (Å²) in [4.78, 5) is 0. The van der Waals surface area contributed by atoms with Crippen LogP contribution in [-0.2, 0) is 0 Å². The van der Waals surface area contributed by atoms with E-state index in [1.165, 1.54) is 25.7 Å². The summed E-state index contributed by atoms with van der Waals surface area (Å²) in [5.74, 6) is 1.57. The van der Waals surface area contributed by atoms with Gasteiger partial charge in [-0.25, -0.2) is 0 Å². The first kappa shape index (κ1) is 7.56. The smallest absolute Gasteiger partial charge is 0.0693 e. The lowest BCUT2D eigenvalue weighted by molar-refractivity contribution is 0.0741. The lowest BCUT2D eigenvalue weighted by Gasteiger charge is -2.28. The first-order chi connectivity index (χ1) is 5.36. The van der Waals surface area contributed by atoms with Crippen molar-refractivity contribution in [2.24, 2.45) is 11.8 Å². The van der Waals surface area contributed by atoms with E-state index in [1.807, 2.05) is 0 Å². The molecule has 1 aliphatic heterocycles. The highest BCUT2D eigenvalue weighted by Gasteiger charge is 2.30. The van der Waals surface area contributed by atoms with E-state index in [-0.39, 0.29) is 6.10 Å². The second-order valence-corrected chi connectivity index (χ2v) is 4.00. The van der Waals surface area contributed by atoms with Gasteiger partial charge in [-0.1, -0.05) is 12.8 Å². The van der Waals surface area contributed by atoms with Crippen LogP contribution in [0.1, 0.15) is 25.7 Å². The van der Waals surface area contributed by atoms with Crippen molar-refractivity contribution >= 4 is 0 Å². The van der Waals surface area contributed by atoms with Gasteiger partial charge < -0.3 is 10.4 Å². The van der Waals surface area contributed by atoms with E-state index in [0.717, 1.165) is 19.0 Å². The molecule has 1 heterocycles. The van der Waals surface area contributed by atoms with E-state index in [4.69, 9.17) is 0 Å². The average Bonchev–Trinajstić information content (AvgIpc) is 2.78. The van der Waals surface area contributed by atoms with Gasteiger partial charge in [-0.2, -0.15) is 0 Å². The maximum absolute atomic E-state index is 9.58. The minimum Gasteiger partial charge on any atom is -0.392 e. The molecule has 1 aliphatic carbocycles. The van der Waals surface area contributed by atoms with Gasteiger partial charge in [-0.15, -0.1) is 0 Å². The summed E-state index contributed by atoms with van der Waals surface area (Å²) in [6.07, 6.45) is 5.22. The summed E-state index contributed by atoms with van der Waals surface area (Å²) in [6, 6.07) is 0. The van der Waals surface area contributed by atoms with E-state index < -0.39 is 0 Å². The molecule has 2 atom stereocenters. The molecule has 64 valence electrons. The topological polar surface area (TPSA) is 32.3 Å². The van der Waals surface area contributed by atoms with Gasteiger partial charge in [0.25, 0.3) is 0 Å². The summed E-state index contributed by atoms with van der Waals surface area (Å²) in [5, 5.41) is 12.8. The Kier molecular flexibility index (Phi) is 2.14. The van der Waals surface area contributed by atoms with Gasteiger partial charge >= 0.3 is 0 Å². The van der Waals surface area contributed by atoms with Gasteiger partial charge in [0.15, 0.2) is 0 Å². The van der Waals surface area contributed by atoms with Gasteiger partial charge in [-0.05, 0) is 31.2 Å². The van der Waals surface area contributed by atoms with Gasteiger partial charge in [-0.3, -0.25) is 0 Å². The predicted molar refractivity (Wildman–Crippen MR) is 44.3 cm³/mol. The highest BCUT2D eigenvalue weighted by Crippen LogP contribution is 2.37. The summed E-state index contributed by atoms with van der Waals surface area (Å²) in [5.41, 5.74) is 0. The molecule has 0 aromatic heterocycles. The van der Waals surface area contributed by atoms with Crippen LogP contribution in [0.5, 0.6) is 0 Å². The Bertz CT molecular complexity index is 134. The number of rotatable bonds is 2. The minimum atomic E-state index is -0.0654. The molecule has 2 heteroatoms. The van der Waals surface area contributed by atoms with Gasteiger partial charge in [0.05, 0.1) is 6.10 Å². The molecule has 11 heavy (non-hydrogen) atoms. The molecule has 0 amide bonds. The van der Waals surface area contributed by atoms with Crippen molar-refractivity contribution < 1.29 is 5.11 Å².